The van der Waals surface area contributed by atoms with Crippen LogP contribution in [0, 0.1) is 0 Å². The molecule has 0 spiro atoms. The van der Waals surface area contributed by atoms with Crippen molar-refractivity contribution in [3.63, 3.8) is 0 Å². The summed E-state index contributed by atoms with van der Waals surface area (Å²) >= 11 is 5.82. The van der Waals surface area contributed by atoms with Crippen LogP contribution in [0.5, 0.6) is 0 Å². The van der Waals surface area contributed by atoms with E-state index in [0.29, 0.717) is 6.04 Å². The van der Waals surface area contributed by atoms with Gasteiger partial charge in [-0.2, -0.15) is 0 Å². The summed E-state index contributed by atoms with van der Waals surface area (Å²) in [5.41, 5.74) is 1.27. The third kappa shape index (κ3) is 3.20. The van der Waals surface area contributed by atoms with E-state index in [4.69, 9.17) is 11.6 Å². The molecule has 0 saturated carbocycles. The Balaban J connectivity index is 1.93. The van der Waals surface area contributed by atoms with Gasteiger partial charge in [-0.25, -0.2) is 0 Å². The number of halogens is 1. The van der Waals surface area contributed by atoms with E-state index in [-0.39, 0.29) is 6.10 Å². The van der Waals surface area contributed by atoms with E-state index in [1.165, 1.54) is 5.56 Å². The second-order valence-electron chi connectivity index (χ2n) is 4.16. The van der Waals surface area contributed by atoms with Crippen LogP contribution in [0.15, 0.2) is 24.3 Å². The molecule has 1 fully saturated rings. The maximum atomic E-state index is 9.54. The van der Waals surface area contributed by atoms with Crippen molar-refractivity contribution < 1.29 is 5.11 Å². The average molecular weight is 226 g/mol. The van der Waals surface area contributed by atoms with Gasteiger partial charge in [-0.15, -0.1) is 0 Å². The Bertz CT molecular complexity index is 312. The van der Waals surface area contributed by atoms with Crippen molar-refractivity contribution >= 4 is 11.6 Å². The van der Waals surface area contributed by atoms with Gasteiger partial charge in [0.25, 0.3) is 0 Å². The van der Waals surface area contributed by atoms with E-state index in [9.17, 15) is 5.11 Å². The molecule has 0 amide bonds. The highest BCUT2D eigenvalue weighted by molar-refractivity contribution is 6.30. The lowest BCUT2D eigenvalue weighted by Crippen LogP contribution is -2.41. The molecule has 1 aromatic carbocycles. The van der Waals surface area contributed by atoms with Gasteiger partial charge in [0, 0.05) is 11.1 Å². The molecule has 1 aliphatic heterocycles. The minimum atomic E-state index is -0.136. The summed E-state index contributed by atoms with van der Waals surface area (Å²) in [5.74, 6) is 0. The molecule has 2 N–H and O–H groups in total. The van der Waals surface area contributed by atoms with Gasteiger partial charge in [-0.05, 0) is 43.5 Å². The molecule has 0 unspecified atom stereocenters. The summed E-state index contributed by atoms with van der Waals surface area (Å²) in [7, 11) is 0. The highest BCUT2D eigenvalue weighted by atomic mass is 35.5. The predicted molar refractivity (Wildman–Crippen MR) is 62.2 cm³/mol. The normalized spacial score (nSPS) is 26.5. The molecule has 0 aliphatic carbocycles. The fourth-order valence-electron chi connectivity index (χ4n) is 2.04. The SMILES string of the molecule is O[C@@H]1CCN[C@@H](Cc2ccc(Cl)cc2)C1. The number of aliphatic hydroxyl groups excluding tert-OH is 1. The molecule has 3 heteroatoms. The van der Waals surface area contributed by atoms with Crippen molar-refractivity contribution in [3.05, 3.63) is 34.9 Å². The first kappa shape index (κ1) is 10.9. The average Bonchev–Trinajstić information content (AvgIpc) is 2.22. The molecule has 0 radical (unpaired) electrons. The van der Waals surface area contributed by atoms with E-state index in [2.05, 4.69) is 5.32 Å². The van der Waals surface area contributed by atoms with Crippen LogP contribution in [0.1, 0.15) is 18.4 Å². The summed E-state index contributed by atoms with van der Waals surface area (Å²) in [5, 5.41) is 13.7. The van der Waals surface area contributed by atoms with Crippen LogP contribution in [0.3, 0.4) is 0 Å². The van der Waals surface area contributed by atoms with Gasteiger partial charge in [-0.3, -0.25) is 0 Å². The molecule has 1 heterocycles. The topological polar surface area (TPSA) is 32.3 Å². The van der Waals surface area contributed by atoms with Crippen LogP contribution in [-0.2, 0) is 6.42 Å². The van der Waals surface area contributed by atoms with Crippen LogP contribution in [0.25, 0.3) is 0 Å². The second kappa shape index (κ2) is 4.97. The van der Waals surface area contributed by atoms with E-state index in [0.717, 1.165) is 30.8 Å². The number of rotatable bonds is 2. The maximum absolute atomic E-state index is 9.54. The molecule has 0 bridgehead atoms. The highest BCUT2D eigenvalue weighted by Crippen LogP contribution is 2.15. The number of benzene rings is 1. The molecule has 1 aromatic rings. The van der Waals surface area contributed by atoms with Crippen molar-refractivity contribution in [2.24, 2.45) is 0 Å². The number of hydrogen-bond acceptors (Lipinski definition) is 2. The van der Waals surface area contributed by atoms with Gasteiger partial charge < -0.3 is 10.4 Å². The molecular weight excluding hydrogens is 210 g/mol. The number of piperidine rings is 1. The Morgan fingerprint density at radius 2 is 2.07 bits per heavy atom. The fourth-order valence-corrected chi connectivity index (χ4v) is 2.17. The molecule has 2 atom stereocenters. The zero-order valence-electron chi connectivity index (χ0n) is 8.62. The molecule has 2 rings (SSSR count). The Hall–Kier alpha value is -0.570. The number of aliphatic hydroxyl groups is 1. The molecule has 82 valence electrons. The van der Waals surface area contributed by atoms with Crippen molar-refractivity contribution in [3.8, 4) is 0 Å². The minimum Gasteiger partial charge on any atom is -0.393 e. The zero-order valence-corrected chi connectivity index (χ0v) is 9.37. The molecule has 1 aliphatic rings. The molecule has 2 nitrogen and oxygen atoms in total. The van der Waals surface area contributed by atoms with Gasteiger partial charge in [0.1, 0.15) is 0 Å². The first-order chi connectivity index (χ1) is 7.24. The monoisotopic (exact) mass is 225 g/mol. The third-order valence-corrected chi connectivity index (χ3v) is 3.11. The molecular formula is C12H16ClNO. The Morgan fingerprint density at radius 1 is 1.33 bits per heavy atom. The lowest BCUT2D eigenvalue weighted by molar-refractivity contribution is 0.116. The number of nitrogens with one attached hydrogen (secondary N) is 1. The predicted octanol–water partition coefficient (Wildman–Crippen LogP) is 2.00. The van der Waals surface area contributed by atoms with Gasteiger partial charge >= 0.3 is 0 Å². The lowest BCUT2D eigenvalue weighted by atomic mass is 9.96. The van der Waals surface area contributed by atoms with Gasteiger partial charge in [0.2, 0.25) is 0 Å². The van der Waals surface area contributed by atoms with Gasteiger partial charge in [-0.1, -0.05) is 23.7 Å². The summed E-state index contributed by atoms with van der Waals surface area (Å²) in [6.45, 7) is 0.916. The van der Waals surface area contributed by atoms with E-state index in [1.54, 1.807) is 0 Å². The fraction of sp³-hybridized carbons (Fsp3) is 0.500. The summed E-state index contributed by atoms with van der Waals surface area (Å²) in [4.78, 5) is 0. The van der Waals surface area contributed by atoms with Gasteiger partial charge in [0.15, 0.2) is 0 Å². The van der Waals surface area contributed by atoms with Gasteiger partial charge in [0.05, 0.1) is 6.10 Å². The van der Waals surface area contributed by atoms with E-state index >= 15 is 0 Å². The zero-order chi connectivity index (χ0) is 10.7. The summed E-state index contributed by atoms with van der Waals surface area (Å²) in [6, 6.07) is 8.32. The highest BCUT2D eigenvalue weighted by Gasteiger charge is 2.19. The summed E-state index contributed by atoms with van der Waals surface area (Å²) in [6.07, 6.45) is 2.55. The first-order valence-electron chi connectivity index (χ1n) is 5.40. The number of hydrogen-bond donors (Lipinski definition) is 2. The van der Waals surface area contributed by atoms with Crippen LogP contribution in [-0.4, -0.2) is 23.8 Å². The van der Waals surface area contributed by atoms with Crippen molar-refractivity contribution in [2.75, 3.05) is 6.54 Å². The molecule has 1 saturated heterocycles. The molecule has 0 aromatic heterocycles. The van der Waals surface area contributed by atoms with Crippen molar-refractivity contribution in [1.82, 2.24) is 5.32 Å². The largest absolute Gasteiger partial charge is 0.393 e. The Morgan fingerprint density at radius 3 is 2.73 bits per heavy atom. The van der Waals surface area contributed by atoms with E-state index in [1.807, 2.05) is 24.3 Å². The van der Waals surface area contributed by atoms with Crippen LogP contribution in [0.2, 0.25) is 5.02 Å². The minimum absolute atomic E-state index is 0.136. The van der Waals surface area contributed by atoms with E-state index < -0.39 is 0 Å². The van der Waals surface area contributed by atoms with Crippen LogP contribution >= 0.6 is 11.6 Å². The maximum Gasteiger partial charge on any atom is 0.0567 e. The summed E-state index contributed by atoms with van der Waals surface area (Å²) < 4.78 is 0. The van der Waals surface area contributed by atoms with Crippen LogP contribution in [0.4, 0.5) is 0 Å². The lowest BCUT2D eigenvalue weighted by Gasteiger charge is -2.27. The quantitative estimate of drug-likeness (QED) is 0.807. The van der Waals surface area contributed by atoms with Crippen LogP contribution < -0.4 is 5.32 Å². The third-order valence-electron chi connectivity index (χ3n) is 2.86. The molecule has 15 heavy (non-hydrogen) atoms. The smallest absolute Gasteiger partial charge is 0.0567 e. The van der Waals surface area contributed by atoms with Crippen molar-refractivity contribution in [2.45, 2.75) is 31.4 Å². The Kier molecular flexibility index (Phi) is 3.62. The second-order valence-corrected chi connectivity index (χ2v) is 4.60. The van der Waals surface area contributed by atoms with Crippen molar-refractivity contribution in [1.29, 1.82) is 0 Å². The standard InChI is InChI=1S/C12H16ClNO/c13-10-3-1-9(2-4-10)7-11-8-12(15)5-6-14-11/h1-4,11-12,14-15H,5-8H2/t11-,12+/m0/s1. The Labute approximate surface area is 95.3 Å². The first-order valence-corrected chi connectivity index (χ1v) is 5.78.